The van der Waals surface area contributed by atoms with E-state index >= 15 is 0 Å². The number of benzene rings is 2. The number of likely N-dealkylation sites (tertiary alicyclic amines) is 2. The van der Waals surface area contributed by atoms with Crippen LogP contribution in [0.2, 0.25) is 0 Å². The van der Waals surface area contributed by atoms with Crippen molar-refractivity contribution < 1.29 is 36.0 Å². The number of urea groups is 1. The smallest absolute Gasteiger partial charge is 0.341 e. The quantitative estimate of drug-likeness (QED) is 0.329. The van der Waals surface area contributed by atoms with Crippen molar-refractivity contribution in [2.45, 2.75) is 75.0 Å². The SMILES string of the molecule is CC(C)CN1C(=O)N(Cc2ccc(S(C)(=O)=O)cc2)C(=O)C12CCN(CC1CN(C(=O)C3(C(F)(F)F)CCC3)CC1c1ccccc1)CC2. The molecule has 0 aromatic heterocycles. The minimum absolute atomic E-state index is 0.0336. The Labute approximate surface area is 286 Å². The van der Waals surface area contributed by atoms with Crippen LogP contribution >= 0.6 is 0 Å². The number of carbonyl (C=O) groups excluding carboxylic acids is 3. The fraction of sp³-hybridized carbons (Fsp3) is 0.583. The average Bonchev–Trinajstić information content (AvgIpc) is 3.51. The third-order valence-electron chi connectivity index (χ3n) is 11.2. The number of halogens is 3. The molecule has 4 aliphatic rings. The van der Waals surface area contributed by atoms with Gasteiger partial charge in [0.05, 0.1) is 11.4 Å². The third-order valence-corrected chi connectivity index (χ3v) is 12.3. The summed E-state index contributed by atoms with van der Waals surface area (Å²) < 4.78 is 66.2. The summed E-state index contributed by atoms with van der Waals surface area (Å²) in [6.45, 7) is 6.50. The van der Waals surface area contributed by atoms with Crippen LogP contribution in [0.1, 0.15) is 63.0 Å². The predicted octanol–water partition coefficient (Wildman–Crippen LogP) is 5.32. The van der Waals surface area contributed by atoms with Crippen molar-refractivity contribution in [2.24, 2.45) is 17.3 Å². The van der Waals surface area contributed by atoms with Gasteiger partial charge in [0.2, 0.25) is 5.91 Å². The molecule has 266 valence electrons. The van der Waals surface area contributed by atoms with E-state index in [9.17, 15) is 36.0 Å². The molecule has 1 saturated carbocycles. The van der Waals surface area contributed by atoms with Gasteiger partial charge in [-0.15, -0.1) is 0 Å². The molecule has 0 N–H and O–H groups in total. The lowest BCUT2D eigenvalue weighted by molar-refractivity contribution is -0.248. The second-order valence-electron chi connectivity index (χ2n) is 14.8. The summed E-state index contributed by atoms with van der Waals surface area (Å²) in [6.07, 6.45) is -2.57. The molecule has 3 heterocycles. The van der Waals surface area contributed by atoms with Crippen LogP contribution in [0.25, 0.3) is 0 Å². The maximum Gasteiger partial charge on any atom is 0.403 e. The molecule has 4 amide bonds. The molecule has 13 heteroatoms. The Kier molecular flexibility index (Phi) is 9.40. The molecule has 2 aromatic carbocycles. The number of amides is 4. The summed E-state index contributed by atoms with van der Waals surface area (Å²) in [5.41, 5.74) is -1.65. The van der Waals surface area contributed by atoms with Crippen LogP contribution in [0, 0.1) is 17.3 Å². The first-order chi connectivity index (χ1) is 23.1. The first kappa shape index (κ1) is 35.4. The van der Waals surface area contributed by atoms with Crippen molar-refractivity contribution >= 4 is 27.7 Å². The van der Waals surface area contributed by atoms with Crippen LogP contribution in [-0.2, 0) is 26.0 Å². The number of piperidine rings is 1. The highest BCUT2D eigenvalue weighted by molar-refractivity contribution is 7.90. The zero-order valence-corrected chi connectivity index (χ0v) is 29.1. The highest BCUT2D eigenvalue weighted by atomic mass is 32.2. The van der Waals surface area contributed by atoms with Crippen molar-refractivity contribution in [3.05, 3.63) is 65.7 Å². The van der Waals surface area contributed by atoms with E-state index in [0.29, 0.717) is 51.0 Å². The molecule has 6 rings (SSSR count). The van der Waals surface area contributed by atoms with Crippen LogP contribution < -0.4 is 0 Å². The Hall–Kier alpha value is -3.45. The second-order valence-corrected chi connectivity index (χ2v) is 16.9. The summed E-state index contributed by atoms with van der Waals surface area (Å²) >= 11 is 0. The molecular weight excluding hydrogens is 657 g/mol. The van der Waals surface area contributed by atoms with Gasteiger partial charge in [-0.3, -0.25) is 14.5 Å². The molecule has 1 aliphatic carbocycles. The van der Waals surface area contributed by atoms with Crippen LogP contribution in [0.5, 0.6) is 0 Å². The van der Waals surface area contributed by atoms with Gasteiger partial charge >= 0.3 is 12.2 Å². The number of imide groups is 1. The molecule has 3 aliphatic heterocycles. The molecule has 2 unspecified atom stereocenters. The second kappa shape index (κ2) is 13.0. The number of hydrogen-bond donors (Lipinski definition) is 0. The van der Waals surface area contributed by atoms with Gasteiger partial charge in [-0.2, -0.15) is 13.2 Å². The fourth-order valence-corrected chi connectivity index (χ4v) is 8.87. The first-order valence-electron chi connectivity index (χ1n) is 17.1. The van der Waals surface area contributed by atoms with Gasteiger partial charge in [-0.25, -0.2) is 13.2 Å². The molecule has 2 atom stereocenters. The number of hydrogen-bond acceptors (Lipinski definition) is 6. The summed E-state index contributed by atoms with van der Waals surface area (Å²) in [7, 11) is -3.39. The Morgan fingerprint density at radius 3 is 2.10 bits per heavy atom. The third kappa shape index (κ3) is 6.48. The van der Waals surface area contributed by atoms with E-state index in [-0.39, 0.29) is 67.1 Å². The maximum atomic E-state index is 14.1. The number of carbonyl (C=O) groups is 3. The van der Waals surface area contributed by atoms with Gasteiger partial charge in [0, 0.05) is 51.4 Å². The molecule has 49 heavy (non-hydrogen) atoms. The minimum atomic E-state index is -4.58. The highest BCUT2D eigenvalue weighted by Crippen LogP contribution is 2.55. The highest BCUT2D eigenvalue weighted by Gasteiger charge is 2.65. The molecule has 4 fully saturated rings. The van der Waals surface area contributed by atoms with Crippen molar-refractivity contribution in [3.8, 4) is 0 Å². The van der Waals surface area contributed by atoms with E-state index in [2.05, 4.69) is 4.90 Å². The van der Waals surface area contributed by atoms with Gasteiger partial charge in [0.25, 0.3) is 5.91 Å². The summed E-state index contributed by atoms with van der Waals surface area (Å²) in [5.74, 6) is -1.17. The van der Waals surface area contributed by atoms with Gasteiger partial charge in [-0.05, 0) is 60.8 Å². The molecule has 1 spiro atoms. The van der Waals surface area contributed by atoms with E-state index in [1.165, 1.54) is 21.9 Å². The van der Waals surface area contributed by atoms with Crippen molar-refractivity contribution in [3.63, 3.8) is 0 Å². The molecule has 3 saturated heterocycles. The standard InChI is InChI=1S/C36H45F3N4O5S/c1-25(2)20-43-33(46)42(21-26-10-12-29(13-11-26)49(3,47)48)32(45)35(43)16-18-40(19-17-35)22-28-23-41(24-30(28)27-8-5-4-6-9-27)31(44)34(14-7-15-34)36(37,38)39/h4-6,8-13,25,28,30H,7,14-24H2,1-3H3. The Bertz CT molecular complexity index is 1670. The lowest BCUT2D eigenvalue weighted by Gasteiger charge is -2.44. The molecular formula is C36H45F3N4O5S. The molecule has 0 radical (unpaired) electrons. The number of nitrogens with zero attached hydrogens (tertiary/aromatic N) is 4. The zero-order valence-electron chi connectivity index (χ0n) is 28.3. The van der Waals surface area contributed by atoms with E-state index in [4.69, 9.17) is 0 Å². The summed E-state index contributed by atoms with van der Waals surface area (Å²) in [4.78, 5) is 48.2. The Morgan fingerprint density at radius 1 is 0.939 bits per heavy atom. The Balaban J connectivity index is 1.18. The van der Waals surface area contributed by atoms with Gasteiger partial charge in [0.15, 0.2) is 9.84 Å². The van der Waals surface area contributed by atoms with Crippen molar-refractivity contribution in [1.82, 2.24) is 19.6 Å². The van der Waals surface area contributed by atoms with Crippen LogP contribution in [0.15, 0.2) is 59.5 Å². The number of sulfone groups is 1. The average molecular weight is 703 g/mol. The fourth-order valence-electron chi connectivity index (χ4n) is 8.24. The molecule has 9 nitrogen and oxygen atoms in total. The summed E-state index contributed by atoms with van der Waals surface area (Å²) in [6, 6.07) is 15.5. The number of rotatable bonds is 9. The molecule has 2 aromatic rings. The van der Waals surface area contributed by atoms with Crippen molar-refractivity contribution in [1.29, 1.82) is 0 Å². The maximum absolute atomic E-state index is 14.1. The summed E-state index contributed by atoms with van der Waals surface area (Å²) in [5, 5.41) is 0. The predicted molar refractivity (Wildman–Crippen MR) is 177 cm³/mol. The zero-order chi connectivity index (χ0) is 35.4. The Morgan fingerprint density at radius 2 is 1.57 bits per heavy atom. The minimum Gasteiger partial charge on any atom is -0.341 e. The van der Waals surface area contributed by atoms with Crippen LogP contribution in [0.3, 0.4) is 0 Å². The van der Waals surface area contributed by atoms with Crippen LogP contribution in [-0.4, -0.2) is 103 Å². The van der Waals surface area contributed by atoms with Gasteiger partial charge in [-0.1, -0.05) is 62.7 Å². The van der Waals surface area contributed by atoms with E-state index in [1.54, 1.807) is 17.0 Å². The van der Waals surface area contributed by atoms with Gasteiger partial charge in [0.1, 0.15) is 11.0 Å². The lowest BCUT2D eigenvalue weighted by atomic mass is 9.67. The monoisotopic (exact) mass is 702 g/mol. The largest absolute Gasteiger partial charge is 0.403 e. The topological polar surface area (TPSA) is 98.3 Å². The van der Waals surface area contributed by atoms with E-state index in [0.717, 1.165) is 11.8 Å². The van der Waals surface area contributed by atoms with E-state index in [1.807, 2.05) is 44.2 Å². The molecule has 0 bridgehead atoms. The number of alkyl halides is 3. The first-order valence-corrected chi connectivity index (χ1v) is 19.0. The van der Waals surface area contributed by atoms with E-state index < -0.39 is 32.9 Å². The lowest BCUT2D eigenvalue weighted by Crippen LogP contribution is -2.57. The normalized spacial score (nSPS) is 24.3. The van der Waals surface area contributed by atoms with Gasteiger partial charge < -0.3 is 14.7 Å². The van der Waals surface area contributed by atoms with Crippen LogP contribution in [0.4, 0.5) is 18.0 Å². The van der Waals surface area contributed by atoms with Crippen molar-refractivity contribution in [2.75, 3.05) is 45.5 Å².